The molecule has 0 saturated heterocycles. The van der Waals surface area contributed by atoms with E-state index in [0.717, 1.165) is 24.4 Å². The Balaban J connectivity index is 1.97. The Morgan fingerprint density at radius 2 is 2.16 bits per heavy atom. The van der Waals surface area contributed by atoms with Gasteiger partial charge in [-0.15, -0.1) is 5.10 Å². The summed E-state index contributed by atoms with van der Waals surface area (Å²) in [5, 5.41) is 11.7. The van der Waals surface area contributed by atoms with Crippen LogP contribution in [0.5, 0.6) is 0 Å². The van der Waals surface area contributed by atoms with Crippen LogP contribution in [-0.4, -0.2) is 32.2 Å². The van der Waals surface area contributed by atoms with E-state index < -0.39 is 0 Å². The van der Waals surface area contributed by atoms with E-state index in [1.807, 2.05) is 17.8 Å². The molecule has 0 amide bonds. The van der Waals surface area contributed by atoms with Crippen LogP contribution >= 0.6 is 0 Å². The largest absolute Gasteiger partial charge is 0.295 e. The first kappa shape index (κ1) is 13.6. The summed E-state index contributed by atoms with van der Waals surface area (Å²) in [5.74, 6) is 0.627. The lowest BCUT2D eigenvalue weighted by Crippen LogP contribution is -2.20. The first-order valence-electron chi connectivity index (χ1n) is 6.37. The normalized spacial score (nSPS) is 11.2. The Hall–Kier alpha value is -1.82. The smallest absolute Gasteiger partial charge is 0.165 e. The van der Waals surface area contributed by atoms with Crippen LogP contribution in [0.2, 0.25) is 0 Å². The van der Waals surface area contributed by atoms with Crippen molar-refractivity contribution in [3.8, 4) is 0 Å². The molecule has 0 spiro atoms. The molecule has 0 atom stereocenters. The third kappa shape index (κ3) is 3.82. The second kappa shape index (κ2) is 6.38. The molecular weight excluding hydrogens is 245 g/mol. The Kier molecular flexibility index (Phi) is 4.57. The predicted molar refractivity (Wildman–Crippen MR) is 69.7 cm³/mol. The maximum absolute atomic E-state index is 13.1. The minimum absolute atomic E-state index is 0.207. The topological polar surface area (TPSA) is 46.8 Å². The molecule has 2 aromatic rings. The van der Waals surface area contributed by atoms with Gasteiger partial charge in [0.1, 0.15) is 5.82 Å². The summed E-state index contributed by atoms with van der Waals surface area (Å²) in [6.07, 6.45) is 0.992. The van der Waals surface area contributed by atoms with Crippen molar-refractivity contribution >= 4 is 0 Å². The van der Waals surface area contributed by atoms with Crippen LogP contribution in [0.25, 0.3) is 0 Å². The molecule has 0 bridgehead atoms. The molecular formula is C13H18FN5. The summed E-state index contributed by atoms with van der Waals surface area (Å²) in [7, 11) is 1.97. The molecule has 0 aliphatic heterocycles. The standard InChI is InChI=1S/C13H18FN5/c1-3-7-19-13(15-16-17-19)10-18(2)9-11-5-4-6-12(14)8-11/h4-6,8H,3,7,9-10H2,1-2H3. The maximum atomic E-state index is 13.1. The highest BCUT2D eigenvalue weighted by atomic mass is 19.1. The number of hydrogen-bond acceptors (Lipinski definition) is 4. The Bertz CT molecular complexity index is 525. The van der Waals surface area contributed by atoms with Crippen molar-refractivity contribution in [2.75, 3.05) is 7.05 Å². The lowest BCUT2D eigenvalue weighted by molar-refractivity contribution is 0.301. The van der Waals surface area contributed by atoms with Crippen LogP contribution in [0.4, 0.5) is 4.39 Å². The van der Waals surface area contributed by atoms with Crippen molar-refractivity contribution in [1.82, 2.24) is 25.1 Å². The molecule has 0 fully saturated rings. The van der Waals surface area contributed by atoms with Gasteiger partial charge in [0.25, 0.3) is 0 Å². The van der Waals surface area contributed by atoms with Crippen LogP contribution in [0, 0.1) is 5.82 Å². The number of nitrogens with zero attached hydrogens (tertiary/aromatic N) is 5. The minimum Gasteiger partial charge on any atom is -0.295 e. The zero-order chi connectivity index (χ0) is 13.7. The average molecular weight is 263 g/mol. The number of aryl methyl sites for hydroxylation is 1. The van der Waals surface area contributed by atoms with Gasteiger partial charge in [-0.2, -0.15) is 0 Å². The zero-order valence-electron chi connectivity index (χ0n) is 11.3. The van der Waals surface area contributed by atoms with Crippen molar-refractivity contribution in [2.24, 2.45) is 0 Å². The van der Waals surface area contributed by atoms with E-state index in [4.69, 9.17) is 0 Å². The second-order valence-corrected chi connectivity index (χ2v) is 4.62. The first-order chi connectivity index (χ1) is 9.19. The molecule has 5 nitrogen and oxygen atoms in total. The van der Waals surface area contributed by atoms with E-state index in [2.05, 4.69) is 27.3 Å². The van der Waals surface area contributed by atoms with Gasteiger partial charge < -0.3 is 0 Å². The van der Waals surface area contributed by atoms with Gasteiger partial charge in [-0.05, 0) is 41.6 Å². The molecule has 1 heterocycles. The van der Waals surface area contributed by atoms with Crippen LogP contribution in [0.3, 0.4) is 0 Å². The van der Waals surface area contributed by atoms with Crippen LogP contribution < -0.4 is 0 Å². The fraction of sp³-hybridized carbons (Fsp3) is 0.462. The monoisotopic (exact) mass is 263 g/mol. The molecule has 0 aliphatic rings. The fourth-order valence-electron chi connectivity index (χ4n) is 1.97. The zero-order valence-corrected chi connectivity index (χ0v) is 11.3. The van der Waals surface area contributed by atoms with Crippen LogP contribution in [0.15, 0.2) is 24.3 Å². The number of rotatable bonds is 6. The summed E-state index contributed by atoms with van der Waals surface area (Å²) in [5.41, 5.74) is 0.942. The average Bonchev–Trinajstić information content (AvgIpc) is 2.77. The first-order valence-corrected chi connectivity index (χ1v) is 6.37. The Morgan fingerprint density at radius 3 is 2.89 bits per heavy atom. The van der Waals surface area contributed by atoms with E-state index in [1.165, 1.54) is 6.07 Å². The summed E-state index contributed by atoms with van der Waals surface area (Å²) < 4.78 is 14.9. The van der Waals surface area contributed by atoms with Crippen molar-refractivity contribution in [1.29, 1.82) is 0 Å². The van der Waals surface area contributed by atoms with E-state index in [1.54, 1.807) is 12.1 Å². The number of tetrazole rings is 1. The van der Waals surface area contributed by atoms with Gasteiger partial charge >= 0.3 is 0 Å². The molecule has 0 N–H and O–H groups in total. The highest BCUT2D eigenvalue weighted by molar-refractivity contribution is 5.16. The van der Waals surface area contributed by atoms with E-state index in [-0.39, 0.29) is 5.82 Å². The summed E-state index contributed by atoms with van der Waals surface area (Å²) in [6.45, 7) is 4.21. The quantitative estimate of drug-likeness (QED) is 0.798. The van der Waals surface area contributed by atoms with Gasteiger partial charge in [0.2, 0.25) is 0 Å². The van der Waals surface area contributed by atoms with Crippen molar-refractivity contribution in [3.63, 3.8) is 0 Å². The third-order valence-electron chi connectivity index (χ3n) is 2.79. The molecule has 102 valence electrons. The van der Waals surface area contributed by atoms with Gasteiger partial charge in [-0.3, -0.25) is 4.90 Å². The molecule has 0 saturated carbocycles. The SMILES string of the molecule is CCCn1nnnc1CN(C)Cc1cccc(F)c1. The molecule has 0 aliphatic carbocycles. The van der Waals surface area contributed by atoms with Crippen molar-refractivity contribution in [2.45, 2.75) is 33.0 Å². The highest BCUT2D eigenvalue weighted by Crippen LogP contribution is 2.08. The number of halogens is 1. The van der Waals surface area contributed by atoms with Gasteiger partial charge in [0.15, 0.2) is 5.82 Å². The molecule has 6 heteroatoms. The van der Waals surface area contributed by atoms with Crippen LogP contribution in [-0.2, 0) is 19.6 Å². The lowest BCUT2D eigenvalue weighted by atomic mass is 10.2. The van der Waals surface area contributed by atoms with E-state index in [9.17, 15) is 4.39 Å². The number of benzene rings is 1. The fourth-order valence-corrected chi connectivity index (χ4v) is 1.97. The number of hydrogen-bond donors (Lipinski definition) is 0. The molecule has 0 unspecified atom stereocenters. The molecule has 1 aromatic carbocycles. The Labute approximate surface area is 112 Å². The van der Waals surface area contributed by atoms with Gasteiger partial charge in [0, 0.05) is 13.1 Å². The maximum Gasteiger partial charge on any atom is 0.165 e. The minimum atomic E-state index is -0.207. The van der Waals surface area contributed by atoms with E-state index >= 15 is 0 Å². The summed E-state index contributed by atoms with van der Waals surface area (Å²) in [6, 6.07) is 6.63. The highest BCUT2D eigenvalue weighted by Gasteiger charge is 2.09. The van der Waals surface area contributed by atoms with Crippen molar-refractivity contribution in [3.05, 3.63) is 41.5 Å². The van der Waals surface area contributed by atoms with Crippen molar-refractivity contribution < 1.29 is 4.39 Å². The lowest BCUT2D eigenvalue weighted by Gasteiger charge is -2.16. The Morgan fingerprint density at radius 1 is 1.32 bits per heavy atom. The molecule has 19 heavy (non-hydrogen) atoms. The van der Waals surface area contributed by atoms with Gasteiger partial charge in [0.05, 0.1) is 6.54 Å². The van der Waals surface area contributed by atoms with Gasteiger partial charge in [-0.1, -0.05) is 19.1 Å². The van der Waals surface area contributed by atoms with Gasteiger partial charge in [-0.25, -0.2) is 9.07 Å². The summed E-state index contributed by atoms with van der Waals surface area (Å²) >= 11 is 0. The third-order valence-corrected chi connectivity index (χ3v) is 2.79. The van der Waals surface area contributed by atoms with E-state index in [0.29, 0.717) is 13.1 Å². The second-order valence-electron chi connectivity index (χ2n) is 4.62. The van der Waals surface area contributed by atoms with Crippen LogP contribution in [0.1, 0.15) is 24.7 Å². The molecule has 2 rings (SSSR count). The predicted octanol–water partition coefficient (Wildman–Crippen LogP) is 1.85. The molecule has 1 aromatic heterocycles. The number of aromatic nitrogens is 4. The summed E-state index contributed by atoms with van der Waals surface area (Å²) in [4.78, 5) is 2.06. The molecule has 0 radical (unpaired) electrons.